The Morgan fingerprint density at radius 3 is 2.52 bits per heavy atom. The zero-order valence-corrected chi connectivity index (χ0v) is 14.6. The van der Waals surface area contributed by atoms with Crippen molar-refractivity contribution in [2.24, 2.45) is 5.41 Å². The predicted octanol–water partition coefficient (Wildman–Crippen LogP) is 4.02. The first-order valence-electron chi connectivity index (χ1n) is 8.33. The molecule has 21 heavy (non-hydrogen) atoms. The maximum Gasteiger partial charge on any atom is 0.0478 e. The molecule has 0 fully saturated rings. The zero-order chi connectivity index (χ0) is 15.6. The Morgan fingerprint density at radius 1 is 1.24 bits per heavy atom. The Hall–Kier alpha value is -0.860. The van der Waals surface area contributed by atoms with Crippen molar-refractivity contribution in [2.45, 2.75) is 65.1 Å². The molecule has 0 heterocycles. The Balaban J connectivity index is 2.31. The molecular formula is C19H32N2. The van der Waals surface area contributed by atoms with E-state index in [1.54, 1.807) is 0 Å². The van der Waals surface area contributed by atoms with Gasteiger partial charge in [-0.05, 0) is 56.8 Å². The largest absolute Gasteiger partial charge is 0.312 e. The average Bonchev–Trinajstić information content (AvgIpc) is 2.63. The lowest BCUT2D eigenvalue weighted by atomic mass is 9.85. The van der Waals surface area contributed by atoms with Crippen LogP contribution in [0, 0.1) is 5.41 Å². The van der Waals surface area contributed by atoms with Gasteiger partial charge in [-0.1, -0.05) is 45.0 Å². The minimum Gasteiger partial charge on any atom is -0.312 e. The summed E-state index contributed by atoms with van der Waals surface area (Å²) in [6.07, 6.45) is 3.75. The van der Waals surface area contributed by atoms with Gasteiger partial charge < -0.3 is 5.32 Å². The van der Waals surface area contributed by atoms with Crippen molar-refractivity contribution in [1.82, 2.24) is 10.2 Å². The zero-order valence-electron chi connectivity index (χ0n) is 14.6. The molecule has 0 saturated carbocycles. The highest BCUT2D eigenvalue weighted by molar-refractivity contribution is 5.32. The topological polar surface area (TPSA) is 15.3 Å². The Labute approximate surface area is 130 Å². The van der Waals surface area contributed by atoms with Gasteiger partial charge in [0.2, 0.25) is 0 Å². The molecule has 1 aliphatic carbocycles. The number of hydrogen-bond donors (Lipinski definition) is 1. The number of hydrogen-bond acceptors (Lipinski definition) is 2. The summed E-state index contributed by atoms with van der Waals surface area (Å²) in [6, 6.07) is 10.5. The van der Waals surface area contributed by atoms with E-state index in [1.165, 1.54) is 30.4 Å². The first-order chi connectivity index (χ1) is 9.86. The summed E-state index contributed by atoms with van der Waals surface area (Å²) in [4.78, 5) is 2.60. The number of nitrogens with one attached hydrogen (secondary N) is 1. The lowest BCUT2D eigenvalue weighted by Crippen LogP contribution is -2.49. The van der Waals surface area contributed by atoms with Gasteiger partial charge >= 0.3 is 0 Å². The van der Waals surface area contributed by atoms with Gasteiger partial charge in [0.25, 0.3) is 0 Å². The highest BCUT2D eigenvalue weighted by atomic mass is 15.2. The van der Waals surface area contributed by atoms with E-state index in [0.717, 1.165) is 0 Å². The third-order valence-corrected chi connectivity index (χ3v) is 5.42. The first kappa shape index (κ1) is 16.5. The molecule has 0 aliphatic heterocycles. The number of aryl methyl sites for hydroxylation is 1. The second kappa shape index (κ2) is 6.50. The maximum atomic E-state index is 3.60. The van der Waals surface area contributed by atoms with Crippen LogP contribution in [0.2, 0.25) is 0 Å². The summed E-state index contributed by atoms with van der Waals surface area (Å²) >= 11 is 0. The van der Waals surface area contributed by atoms with Crippen LogP contribution < -0.4 is 5.32 Å². The normalized spacial score (nSPS) is 24.5. The van der Waals surface area contributed by atoms with Crippen molar-refractivity contribution in [3.8, 4) is 0 Å². The van der Waals surface area contributed by atoms with Gasteiger partial charge in [-0.15, -0.1) is 0 Å². The number of nitrogens with zero attached hydrogens (tertiary/aromatic N) is 1. The van der Waals surface area contributed by atoms with Crippen molar-refractivity contribution in [3.05, 3.63) is 35.4 Å². The molecule has 0 aromatic heterocycles. The minimum atomic E-state index is 0.304. The number of rotatable bonds is 3. The van der Waals surface area contributed by atoms with Crippen molar-refractivity contribution >= 4 is 0 Å². The summed E-state index contributed by atoms with van der Waals surface area (Å²) in [7, 11) is 4.41. The molecule has 1 N–H and O–H groups in total. The predicted molar refractivity (Wildman–Crippen MR) is 91.6 cm³/mol. The molecule has 1 aromatic carbocycles. The Kier molecular flexibility index (Phi) is 5.11. The third-order valence-electron chi connectivity index (χ3n) is 5.42. The average molecular weight is 288 g/mol. The molecule has 0 bridgehead atoms. The van der Waals surface area contributed by atoms with Crippen LogP contribution in [0.15, 0.2) is 24.3 Å². The second-order valence-corrected chi connectivity index (χ2v) is 7.63. The van der Waals surface area contributed by atoms with Crippen molar-refractivity contribution in [3.63, 3.8) is 0 Å². The molecule has 2 nitrogen and oxygen atoms in total. The van der Waals surface area contributed by atoms with Crippen LogP contribution in [-0.2, 0) is 6.42 Å². The maximum absolute atomic E-state index is 3.60. The molecule has 3 atom stereocenters. The summed E-state index contributed by atoms with van der Waals surface area (Å²) in [5.41, 5.74) is 3.32. The Morgan fingerprint density at radius 2 is 1.90 bits per heavy atom. The summed E-state index contributed by atoms with van der Waals surface area (Å²) in [5, 5.41) is 3.60. The number of likely N-dealkylation sites (N-methyl/N-ethyl adjacent to an activating group) is 2. The lowest BCUT2D eigenvalue weighted by molar-refractivity contribution is 0.0742. The molecule has 1 aliphatic rings. The standard InChI is InChI=1S/C19H32N2/c1-14(19(2,3)4)21(6)17-13-9-11-15-10-7-8-12-16(15)18(17)20-5/h7-8,10,12,14,17-18,20H,9,11,13H2,1-6H3. The molecule has 0 amide bonds. The van der Waals surface area contributed by atoms with Crippen LogP contribution in [-0.4, -0.2) is 31.1 Å². The van der Waals surface area contributed by atoms with Gasteiger partial charge in [0.1, 0.15) is 0 Å². The van der Waals surface area contributed by atoms with E-state index in [1.807, 2.05) is 0 Å². The Bertz CT molecular complexity index is 461. The van der Waals surface area contributed by atoms with Crippen molar-refractivity contribution < 1.29 is 0 Å². The van der Waals surface area contributed by atoms with Gasteiger partial charge in [-0.3, -0.25) is 4.90 Å². The van der Waals surface area contributed by atoms with Crippen LogP contribution in [0.5, 0.6) is 0 Å². The summed E-state index contributed by atoms with van der Waals surface area (Å²) in [6.45, 7) is 9.39. The summed E-state index contributed by atoms with van der Waals surface area (Å²) in [5.74, 6) is 0. The van der Waals surface area contributed by atoms with E-state index in [-0.39, 0.29) is 0 Å². The SMILES string of the molecule is CNC1c2ccccc2CCCC1N(C)C(C)C(C)(C)C. The van der Waals surface area contributed by atoms with Crippen LogP contribution in [0.1, 0.15) is 57.7 Å². The van der Waals surface area contributed by atoms with E-state index >= 15 is 0 Å². The molecule has 0 saturated heterocycles. The highest BCUT2D eigenvalue weighted by Crippen LogP contribution is 2.34. The summed E-state index contributed by atoms with van der Waals surface area (Å²) < 4.78 is 0. The first-order valence-corrected chi connectivity index (χ1v) is 8.33. The van der Waals surface area contributed by atoms with Gasteiger partial charge in [0.15, 0.2) is 0 Å². The molecule has 0 spiro atoms. The second-order valence-electron chi connectivity index (χ2n) is 7.63. The monoisotopic (exact) mass is 288 g/mol. The number of benzene rings is 1. The van der Waals surface area contributed by atoms with E-state index in [4.69, 9.17) is 0 Å². The van der Waals surface area contributed by atoms with Gasteiger partial charge in [-0.2, -0.15) is 0 Å². The fourth-order valence-electron chi connectivity index (χ4n) is 3.63. The third kappa shape index (κ3) is 3.49. The van der Waals surface area contributed by atoms with Gasteiger partial charge in [0, 0.05) is 18.1 Å². The van der Waals surface area contributed by atoms with Gasteiger partial charge in [-0.25, -0.2) is 0 Å². The molecule has 1 aromatic rings. The lowest BCUT2D eigenvalue weighted by Gasteiger charge is -2.43. The fraction of sp³-hybridized carbons (Fsp3) is 0.684. The van der Waals surface area contributed by atoms with Crippen LogP contribution in [0.25, 0.3) is 0 Å². The molecule has 2 heteroatoms. The highest BCUT2D eigenvalue weighted by Gasteiger charge is 2.34. The fourth-order valence-corrected chi connectivity index (χ4v) is 3.63. The van der Waals surface area contributed by atoms with Crippen molar-refractivity contribution in [2.75, 3.05) is 14.1 Å². The molecular weight excluding hydrogens is 256 g/mol. The van der Waals surface area contributed by atoms with E-state index in [0.29, 0.717) is 23.5 Å². The van der Waals surface area contributed by atoms with E-state index in [9.17, 15) is 0 Å². The smallest absolute Gasteiger partial charge is 0.0478 e. The van der Waals surface area contributed by atoms with Crippen molar-refractivity contribution in [1.29, 1.82) is 0 Å². The molecule has 118 valence electrons. The number of fused-ring (bicyclic) bond motifs is 1. The molecule has 2 rings (SSSR count). The van der Waals surface area contributed by atoms with E-state index < -0.39 is 0 Å². The van der Waals surface area contributed by atoms with Crippen LogP contribution >= 0.6 is 0 Å². The molecule has 3 unspecified atom stereocenters. The molecule has 0 radical (unpaired) electrons. The van der Waals surface area contributed by atoms with Gasteiger partial charge in [0.05, 0.1) is 0 Å². The van der Waals surface area contributed by atoms with Crippen LogP contribution in [0.3, 0.4) is 0 Å². The van der Waals surface area contributed by atoms with E-state index in [2.05, 4.69) is 76.3 Å². The minimum absolute atomic E-state index is 0.304. The van der Waals surface area contributed by atoms with Crippen LogP contribution in [0.4, 0.5) is 0 Å². The quantitative estimate of drug-likeness (QED) is 0.845.